The summed E-state index contributed by atoms with van der Waals surface area (Å²) in [5, 5.41) is 3.58. The molecule has 0 heterocycles. The van der Waals surface area contributed by atoms with E-state index in [9.17, 15) is 0 Å². The standard InChI is InChI=1S/C16H27NO/c1-5-17-15(12-13(2)3)11-10-14-8-6-7-9-16(14)18-4/h6-9,13,15,17H,5,10-12H2,1-4H3. The van der Waals surface area contributed by atoms with Gasteiger partial charge in [-0.2, -0.15) is 0 Å². The van der Waals surface area contributed by atoms with Gasteiger partial charge in [-0.1, -0.05) is 39.0 Å². The molecular weight excluding hydrogens is 222 g/mol. The molecule has 0 saturated heterocycles. The zero-order valence-electron chi connectivity index (χ0n) is 12.2. The molecule has 0 radical (unpaired) electrons. The summed E-state index contributed by atoms with van der Waals surface area (Å²) in [6.07, 6.45) is 3.49. The van der Waals surface area contributed by atoms with E-state index in [4.69, 9.17) is 4.74 Å². The summed E-state index contributed by atoms with van der Waals surface area (Å²) in [6.45, 7) is 7.79. The maximum Gasteiger partial charge on any atom is 0.122 e. The highest BCUT2D eigenvalue weighted by atomic mass is 16.5. The van der Waals surface area contributed by atoms with Crippen LogP contribution < -0.4 is 10.1 Å². The second-order valence-electron chi connectivity index (χ2n) is 5.23. The molecule has 1 aromatic carbocycles. The van der Waals surface area contributed by atoms with Crippen molar-refractivity contribution >= 4 is 0 Å². The van der Waals surface area contributed by atoms with Crippen LogP contribution in [0.25, 0.3) is 0 Å². The lowest BCUT2D eigenvalue weighted by atomic mass is 9.97. The Labute approximate surface area is 112 Å². The normalized spacial score (nSPS) is 12.7. The summed E-state index contributed by atoms with van der Waals surface area (Å²) < 4.78 is 5.40. The average Bonchev–Trinajstić information content (AvgIpc) is 2.36. The van der Waals surface area contributed by atoms with Crippen LogP contribution in [-0.4, -0.2) is 19.7 Å². The van der Waals surface area contributed by atoms with Gasteiger partial charge in [-0.05, 0) is 43.4 Å². The number of methoxy groups -OCH3 is 1. The van der Waals surface area contributed by atoms with Gasteiger partial charge in [0.25, 0.3) is 0 Å². The summed E-state index contributed by atoms with van der Waals surface area (Å²) in [4.78, 5) is 0. The fourth-order valence-corrected chi connectivity index (χ4v) is 2.40. The van der Waals surface area contributed by atoms with E-state index >= 15 is 0 Å². The Balaban J connectivity index is 2.55. The quantitative estimate of drug-likeness (QED) is 0.759. The molecule has 18 heavy (non-hydrogen) atoms. The van der Waals surface area contributed by atoms with Crippen molar-refractivity contribution in [2.24, 2.45) is 5.92 Å². The molecular formula is C16H27NO. The Hall–Kier alpha value is -1.02. The Bertz CT molecular complexity index is 336. The topological polar surface area (TPSA) is 21.3 Å². The molecule has 2 nitrogen and oxygen atoms in total. The summed E-state index contributed by atoms with van der Waals surface area (Å²) in [5.74, 6) is 1.75. The monoisotopic (exact) mass is 249 g/mol. The average molecular weight is 249 g/mol. The van der Waals surface area contributed by atoms with Gasteiger partial charge in [0.1, 0.15) is 5.75 Å². The number of ether oxygens (including phenoxy) is 1. The van der Waals surface area contributed by atoms with Gasteiger partial charge >= 0.3 is 0 Å². The van der Waals surface area contributed by atoms with Crippen molar-refractivity contribution in [3.8, 4) is 5.75 Å². The molecule has 1 rings (SSSR count). The van der Waals surface area contributed by atoms with Crippen LogP contribution in [0.2, 0.25) is 0 Å². The lowest BCUT2D eigenvalue weighted by molar-refractivity contribution is 0.392. The van der Waals surface area contributed by atoms with Crippen LogP contribution in [-0.2, 0) is 6.42 Å². The Morgan fingerprint density at radius 3 is 2.56 bits per heavy atom. The maximum atomic E-state index is 5.40. The van der Waals surface area contributed by atoms with Gasteiger partial charge in [0.2, 0.25) is 0 Å². The molecule has 1 unspecified atom stereocenters. The van der Waals surface area contributed by atoms with Crippen LogP contribution in [0.15, 0.2) is 24.3 Å². The van der Waals surface area contributed by atoms with Gasteiger partial charge in [0.15, 0.2) is 0 Å². The second kappa shape index (κ2) is 8.15. The molecule has 102 valence electrons. The zero-order chi connectivity index (χ0) is 13.4. The van der Waals surface area contributed by atoms with Gasteiger partial charge < -0.3 is 10.1 Å². The predicted molar refractivity (Wildman–Crippen MR) is 78.2 cm³/mol. The van der Waals surface area contributed by atoms with Gasteiger partial charge in [-0.15, -0.1) is 0 Å². The van der Waals surface area contributed by atoms with Crippen molar-refractivity contribution in [3.05, 3.63) is 29.8 Å². The van der Waals surface area contributed by atoms with Crippen LogP contribution >= 0.6 is 0 Å². The Morgan fingerprint density at radius 1 is 1.22 bits per heavy atom. The smallest absolute Gasteiger partial charge is 0.122 e. The van der Waals surface area contributed by atoms with E-state index in [0.29, 0.717) is 6.04 Å². The van der Waals surface area contributed by atoms with Crippen molar-refractivity contribution in [2.75, 3.05) is 13.7 Å². The van der Waals surface area contributed by atoms with Crippen molar-refractivity contribution in [1.29, 1.82) is 0 Å². The molecule has 0 aromatic heterocycles. The van der Waals surface area contributed by atoms with E-state index in [1.165, 1.54) is 18.4 Å². The number of nitrogens with one attached hydrogen (secondary N) is 1. The zero-order valence-corrected chi connectivity index (χ0v) is 12.2. The highest BCUT2D eigenvalue weighted by molar-refractivity contribution is 5.33. The summed E-state index contributed by atoms with van der Waals surface area (Å²) >= 11 is 0. The molecule has 0 spiro atoms. The SMILES string of the molecule is CCNC(CCc1ccccc1OC)CC(C)C. The third kappa shape index (κ3) is 5.09. The van der Waals surface area contributed by atoms with E-state index in [-0.39, 0.29) is 0 Å². The van der Waals surface area contributed by atoms with Crippen molar-refractivity contribution in [2.45, 2.75) is 46.1 Å². The molecule has 0 bridgehead atoms. The van der Waals surface area contributed by atoms with Gasteiger partial charge in [0.05, 0.1) is 7.11 Å². The van der Waals surface area contributed by atoms with Crippen LogP contribution in [0.4, 0.5) is 0 Å². The number of hydrogen-bond acceptors (Lipinski definition) is 2. The molecule has 0 amide bonds. The summed E-state index contributed by atoms with van der Waals surface area (Å²) in [5.41, 5.74) is 1.31. The second-order valence-corrected chi connectivity index (χ2v) is 5.23. The van der Waals surface area contributed by atoms with Crippen LogP contribution in [0.3, 0.4) is 0 Å². The van der Waals surface area contributed by atoms with Crippen molar-refractivity contribution < 1.29 is 4.74 Å². The molecule has 1 aromatic rings. The number of para-hydroxylation sites is 1. The van der Waals surface area contributed by atoms with Crippen LogP contribution in [0.5, 0.6) is 5.75 Å². The lowest BCUT2D eigenvalue weighted by Gasteiger charge is -2.20. The first-order valence-electron chi connectivity index (χ1n) is 7.02. The molecule has 0 aliphatic carbocycles. The molecule has 0 aliphatic heterocycles. The molecule has 0 fully saturated rings. The molecule has 1 N–H and O–H groups in total. The Morgan fingerprint density at radius 2 is 1.94 bits per heavy atom. The minimum atomic E-state index is 0.611. The van der Waals surface area contributed by atoms with Gasteiger partial charge in [-0.3, -0.25) is 0 Å². The Kier molecular flexibility index (Phi) is 6.81. The number of hydrogen-bond donors (Lipinski definition) is 1. The van der Waals surface area contributed by atoms with E-state index in [1.54, 1.807) is 7.11 Å². The first kappa shape index (κ1) is 15.0. The molecule has 0 saturated carbocycles. The van der Waals surface area contributed by atoms with E-state index in [2.05, 4.69) is 38.2 Å². The molecule has 2 heteroatoms. The fraction of sp³-hybridized carbons (Fsp3) is 0.625. The fourth-order valence-electron chi connectivity index (χ4n) is 2.40. The number of aryl methyl sites for hydroxylation is 1. The summed E-state index contributed by atoms with van der Waals surface area (Å²) in [7, 11) is 1.74. The highest BCUT2D eigenvalue weighted by Gasteiger charge is 2.11. The van der Waals surface area contributed by atoms with E-state index < -0.39 is 0 Å². The maximum absolute atomic E-state index is 5.40. The van der Waals surface area contributed by atoms with Crippen molar-refractivity contribution in [3.63, 3.8) is 0 Å². The lowest BCUT2D eigenvalue weighted by Crippen LogP contribution is -2.30. The highest BCUT2D eigenvalue weighted by Crippen LogP contribution is 2.20. The third-order valence-electron chi connectivity index (χ3n) is 3.20. The van der Waals surface area contributed by atoms with Crippen LogP contribution in [0.1, 0.15) is 39.2 Å². The summed E-state index contributed by atoms with van der Waals surface area (Å²) in [6, 6.07) is 8.93. The predicted octanol–water partition coefficient (Wildman–Crippen LogP) is 3.65. The third-order valence-corrected chi connectivity index (χ3v) is 3.20. The minimum absolute atomic E-state index is 0.611. The van der Waals surface area contributed by atoms with Gasteiger partial charge in [0, 0.05) is 6.04 Å². The molecule has 1 atom stereocenters. The first-order chi connectivity index (χ1) is 8.67. The largest absolute Gasteiger partial charge is 0.496 e. The first-order valence-corrected chi connectivity index (χ1v) is 7.02. The van der Waals surface area contributed by atoms with Crippen molar-refractivity contribution in [1.82, 2.24) is 5.32 Å². The van der Waals surface area contributed by atoms with Crippen LogP contribution in [0, 0.1) is 5.92 Å². The minimum Gasteiger partial charge on any atom is -0.496 e. The molecule has 0 aliphatic rings. The number of benzene rings is 1. The van der Waals surface area contributed by atoms with E-state index in [1.807, 2.05) is 12.1 Å². The number of rotatable bonds is 8. The van der Waals surface area contributed by atoms with Gasteiger partial charge in [-0.25, -0.2) is 0 Å². The van der Waals surface area contributed by atoms with E-state index in [0.717, 1.165) is 24.6 Å².